The fraction of sp³-hybridized carbons (Fsp3) is 0.609. The lowest BCUT2D eigenvalue weighted by Crippen LogP contribution is -2.34. The van der Waals surface area contributed by atoms with Crippen LogP contribution in [0.1, 0.15) is 72.1 Å². The second kappa shape index (κ2) is 11.6. The molecule has 166 valence electrons. The quantitative estimate of drug-likeness (QED) is 0.564. The third kappa shape index (κ3) is 9.76. The minimum atomic E-state index is -0.570. The molecule has 1 aromatic carbocycles. The van der Waals surface area contributed by atoms with Crippen molar-refractivity contribution < 1.29 is 19.1 Å². The van der Waals surface area contributed by atoms with Gasteiger partial charge in [0.15, 0.2) is 0 Å². The fourth-order valence-corrected chi connectivity index (χ4v) is 3.49. The summed E-state index contributed by atoms with van der Waals surface area (Å²) in [5, 5.41) is 8.24. The van der Waals surface area contributed by atoms with Crippen LogP contribution in [0.25, 0.3) is 0 Å². The van der Waals surface area contributed by atoms with Crippen molar-refractivity contribution in [3.05, 3.63) is 24.3 Å². The molecule has 1 saturated carbocycles. The van der Waals surface area contributed by atoms with E-state index in [-0.39, 0.29) is 24.8 Å². The third-order valence-electron chi connectivity index (χ3n) is 4.98. The molecule has 0 spiro atoms. The van der Waals surface area contributed by atoms with E-state index in [1.807, 2.05) is 0 Å². The van der Waals surface area contributed by atoms with Crippen LogP contribution in [-0.2, 0) is 14.3 Å². The van der Waals surface area contributed by atoms with E-state index in [4.69, 9.17) is 4.74 Å². The summed E-state index contributed by atoms with van der Waals surface area (Å²) in [5.74, 6) is 0.507. The second-order valence-electron chi connectivity index (χ2n) is 8.90. The molecule has 2 rings (SSSR count). The number of ether oxygens (including phenoxy) is 1. The van der Waals surface area contributed by atoms with Crippen LogP contribution in [0.5, 0.6) is 0 Å². The van der Waals surface area contributed by atoms with Gasteiger partial charge in [-0.3, -0.25) is 9.59 Å². The molecule has 7 heteroatoms. The molecule has 0 atom stereocenters. The van der Waals surface area contributed by atoms with Gasteiger partial charge >= 0.3 is 6.09 Å². The van der Waals surface area contributed by atoms with Crippen LogP contribution < -0.4 is 16.0 Å². The van der Waals surface area contributed by atoms with Crippen LogP contribution >= 0.6 is 0 Å². The van der Waals surface area contributed by atoms with E-state index in [0.29, 0.717) is 23.7 Å². The Labute approximate surface area is 179 Å². The Balaban J connectivity index is 1.66. The van der Waals surface area contributed by atoms with Gasteiger partial charge in [0, 0.05) is 30.8 Å². The van der Waals surface area contributed by atoms with Gasteiger partial charge in [0.2, 0.25) is 11.8 Å². The molecule has 1 aliphatic rings. The van der Waals surface area contributed by atoms with Crippen molar-refractivity contribution in [2.24, 2.45) is 5.92 Å². The molecule has 0 aliphatic heterocycles. The highest BCUT2D eigenvalue weighted by Gasteiger charge is 2.16. The molecule has 0 unspecified atom stereocenters. The molecule has 3 N–H and O–H groups in total. The van der Waals surface area contributed by atoms with E-state index in [2.05, 4.69) is 16.0 Å². The molecule has 0 aromatic heterocycles. The van der Waals surface area contributed by atoms with Crippen LogP contribution in [0.3, 0.4) is 0 Å². The van der Waals surface area contributed by atoms with Gasteiger partial charge in [-0.1, -0.05) is 32.1 Å². The van der Waals surface area contributed by atoms with Gasteiger partial charge < -0.3 is 20.7 Å². The first kappa shape index (κ1) is 23.7. The van der Waals surface area contributed by atoms with Crippen molar-refractivity contribution in [3.8, 4) is 0 Å². The van der Waals surface area contributed by atoms with Crippen molar-refractivity contribution in [1.82, 2.24) is 5.32 Å². The number of amides is 3. The Bertz CT molecular complexity index is 704. The zero-order chi connectivity index (χ0) is 22.0. The minimum absolute atomic E-state index is 0.0329. The van der Waals surface area contributed by atoms with Gasteiger partial charge in [-0.05, 0) is 57.4 Å². The minimum Gasteiger partial charge on any atom is -0.444 e. The monoisotopic (exact) mass is 417 g/mol. The summed E-state index contributed by atoms with van der Waals surface area (Å²) < 4.78 is 5.12. The summed E-state index contributed by atoms with van der Waals surface area (Å²) in [6, 6.07) is 7.03. The smallest absolute Gasteiger partial charge is 0.407 e. The van der Waals surface area contributed by atoms with Gasteiger partial charge in [0.1, 0.15) is 5.60 Å². The van der Waals surface area contributed by atoms with Crippen molar-refractivity contribution in [3.63, 3.8) is 0 Å². The van der Waals surface area contributed by atoms with Crippen LogP contribution in [0.4, 0.5) is 16.2 Å². The Morgan fingerprint density at radius 3 is 1.97 bits per heavy atom. The number of anilines is 2. The maximum absolute atomic E-state index is 12.2. The molecule has 0 bridgehead atoms. The summed E-state index contributed by atoms with van der Waals surface area (Å²) in [5.41, 5.74) is 0.782. The van der Waals surface area contributed by atoms with Crippen LogP contribution in [0.15, 0.2) is 24.3 Å². The van der Waals surface area contributed by atoms with E-state index in [9.17, 15) is 14.4 Å². The Morgan fingerprint density at radius 1 is 0.900 bits per heavy atom. The molecule has 0 heterocycles. The van der Waals surface area contributed by atoms with E-state index in [1.54, 1.807) is 45.0 Å². The van der Waals surface area contributed by atoms with Gasteiger partial charge in [0.25, 0.3) is 0 Å². The first-order valence-electron chi connectivity index (χ1n) is 10.9. The molecule has 1 aromatic rings. The summed E-state index contributed by atoms with van der Waals surface area (Å²) in [6.07, 6.45) is 7.49. The largest absolute Gasteiger partial charge is 0.444 e. The van der Waals surface area contributed by atoms with Crippen molar-refractivity contribution in [2.45, 2.75) is 77.7 Å². The highest BCUT2D eigenvalue weighted by Crippen LogP contribution is 2.27. The van der Waals surface area contributed by atoms with Crippen molar-refractivity contribution in [1.29, 1.82) is 0 Å². The maximum atomic E-state index is 12.2. The molecular weight excluding hydrogens is 382 g/mol. The third-order valence-corrected chi connectivity index (χ3v) is 4.98. The Morgan fingerprint density at radius 2 is 1.43 bits per heavy atom. The van der Waals surface area contributed by atoms with Gasteiger partial charge in [-0.15, -0.1) is 0 Å². The molecule has 1 fully saturated rings. The van der Waals surface area contributed by atoms with Gasteiger partial charge in [-0.25, -0.2) is 4.79 Å². The first-order valence-corrected chi connectivity index (χ1v) is 10.9. The molecule has 0 saturated heterocycles. The van der Waals surface area contributed by atoms with E-state index < -0.39 is 11.7 Å². The summed E-state index contributed by atoms with van der Waals surface area (Å²) in [7, 11) is 0. The highest BCUT2D eigenvalue weighted by atomic mass is 16.6. The Kier molecular flexibility index (Phi) is 9.15. The molecule has 7 nitrogen and oxygen atoms in total. The van der Waals surface area contributed by atoms with Crippen LogP contribution in [0.2, 0.25) is 0 Å². The number of hydrogen-bond acceptors (Lipinski definition) is 4. The topological polar surface area (TPSA) is 96.5 Å². The predicted molar refractivity (Wildman–Crippen MR) is 118 cm³/mol. The number of alkyl carbamates (subject to hydrolysis) is 1. The van der Waals surface area contributed by atoms with E-state index in [0.717, 1.165) is 6.42 Å². The molecule has 1 aliphatic carbocycles. The number of nitrogens with one attached hydrogen (secondary N) is 3. The highest BCUT2D eigenvalue weighted by molar-refractivity contribution is 5.93. The normalized spacial score (nSPS) is 14.6. The lowest BCUT2D eigenvalue weighted by Gasteiger charge is -2.21. The summed E-state index contributed by atoms with van der Waals surface area (Å²) >= 11 is 0. The van der Waals surface area contributed by atoms with Crippen molar-refractivity contribution in [2.75, 3.05) is 17.2 Å². The van der Waals surface area contributed by atoms with E-state index in [1.165, 1.54) is 32.1 Å². The molecule has 30 heavy (non-hydrogen) atoms. The van der Waals surface area contributed by atoms with Gasteiger partial charge in [0.05, 0.1) is 0 Å². The zero-order valence-electron chi connectivity index (χ0n) is 18.4. The average molecular weight is 418 g/mol. The number of benzene rings is 1. The van der Waals surface area contributed by atoms with Crippen LogP contribution in [0, 0.1) is 5.92 Å². The number of carbonyl (C=O) groups excluding carboxylic acids is 3. The summed E-state index contributed by atoms with van der Waals surface area (Å²) in [6.45, 7) is 5.53. The lowest BCUT2D eigenvalue weighted by molar-refractivity contribution is -0.117. The average Bonchev–Trinajstić information content (AvgIpc) is 2.67. The SMILES string of the molecule is CC(C)(C)OC(=O)NCCC(=O)Nc1ccc(NC(=O)CCC2CCCCC2)cc1. The van der Waals surface area contributed by atoms with Gasteiger partial charge in [-0.2, -0.15) is 0 Å². The second-order valence-corrected chi connectivity index (χ2v) is 8.90. The number of rotatable bonds is 8. The first-order chi connectivity index (χ1) is 14.2. The molecule has 0 radical (unpaired) electrons. The molecule has 3 amide bonds. The number of hydrogen-bond donors (Lipinski definition) is 3. The summed E-state index contributed by atoms with van der Waals surface area (Å²) in [4.78, 5) is 35.7. The van der Waals surface area contributed by atoms with Crippen LogP contribution in [-0.4, -0.2) is 30.1 Å². The Hall–Kier alpha value is -2.57. The lowest BCUT2D eigenvalue weighted by atomic mass is 9.86. The number of carbonyl (C=O) groups is 3. The fourth-order valence-electron chi connectivity index (χ4n) is 3.49. The standard InChI is InChI=1S/C23H35N3O4/c1-23(2,3)30-22(29)24-16-15-21(28)26-19-12-10-18(11-13-19)25-20(27)14-9-17-7-5-4-6-8-17/h10-13,17H,4-9,14-16H2,1-3H3,(H,24,29)(H,25,27)(H,26,28). The molecular formula is C23H35N3O4. The van der Waals surface area contributed by atoms with Crippen molar-refractivity contribution >= 4 is 29.3 Å². The maximum Gasteiger partial charge on any atom is 0.407 e. The zero-order valence-corrected chi connectivity index (χ0v) is 18.4. The van der Waals surface area contributed by atoms with E-state index >= 15 is 0 Å². The predicted octanol–water partition coefficient (Wildman–Crippen LogP) is 4.84.